The zero-order valence-electron chi connectivity index (χ0n) is 16.8. The van der Waals surface area contributed by atoms with Crippen LogP contribution in [0.2, 0.25) is 0 Å². The van der Waals surface area contributed by atoms with E-state index in [1.807, 2.05) is 13.0 Å². The Balaban J connectivity index is 0.00000277. The lowest BCUT2D eigenvalue weighted by Crippen LogP contribution is -2.20. The Hall–Kier alpha value is -2.09. The van der Waals surface area contributed by atoms with Gasteiger partial charge in [0.25, 0.3) is 0 Å². The van der Waals surface area contributed by atoms with Crippen molar-refractivity contribution in [2.75, 3.05) is 6.54 Å². The predicted molar refractivity (Wildman–Crippen MR) is 114 cm³/mol. The molecule has 1 atom stereocenters. The molecule has 0 aliphatic heterocycles. The zero-order valence-corrected chi connectivity index (χ0v) is 16.8. The van der Waals surface area contributed by atoms with E-state index in [2.05, 4.69) is 82.3 Å². The Morgan fingerprint density at radius 3 is 2.24 bits per heavy atom. The average Bonchev–Trinajstić information content (AvgIpc) is 2.61. The molecule has 1 unspecified atom stereocenters. The van der Waals surface area contributed by atoms with Crippen molar-refractivity contribution in [2.45, 2.75) is 53.4 Å². The summed E-state index contributed by atoms with van der Waals surface area (Å²) in [6.07, 6.45) is 8.48. The summed E-state index contributed by atoms with van der Waals surface area (Å²) in [5, 5.41) is 0. The third-order valence-corrected chi connectivity index (χ3v) is 3.86. The van der Waals surface area contributed by atoms with Crippen LogP contribution >= 0.6 is 0 Å². The summed E-state index contributed by atoms with van der Waals surface area (Å²) < 4.78 is 0. The summed E-state index contributed by atoms with van der Waals surface area (Å²) in [4.78, 5) is 4.58. The molecule has 2 heteroatoms. The van der Waals surface area contributed by atoms with Gasteiger partial charge < -0.3 is 5.73 Å². The van der Waals surface area contributed by atoms with Gasteiger partial charge in [-0.2, -0.15) is 0 Å². The van der Waals surface area contributed by atoms with Crippen LogP contribution in [0.5, 0.6) is 0 Å². The van der Waals surface area contributed by atoms with Crippen molar-refractivity contribution in [1.82, 2.24) is 0 Å². The van der Waals surface area contributed by atoms with E-state index >= 15 is 0 Å². The monoisotopic (exact) mass is 340 g/mol. The molecule has 0 bridgehead atoms. The van der Waals surface area contributed by atoms with Crippen LogP contribution in [0.3, 0.4) is 0 Å². The van der Waals surface area contributed by atoms with Crippen LogP contribution < -0.4 is 5.73 Å². The largest absolute Gasteiger partial charge is 0.387 e. The van der Waals surface area contributed by atoms with Crippen molar-refractivity contribution in [3.63, 3.8) is 0 Å². The van der Waals surface area contributed by atoms with Crippen molar-refractivity contribution in [1.29, 1.82) is 0 Å². The Kier molecular flexibility index (Phi) is 12.1. The number of hydrogen-bond acceptors (Lipinski definition) is 1. The summed E-state index contributed by atoms with van der Waals surface area (Å²) in [5.41, 5.74) is 10.0. The van der Waals surface area contributed by atoms with Crippen molar-refractivity contribution >= 4 is 5.84 Å². The Labute approximate surface area is 155 Å². The van der Waals surface area contributed by atoms with E-state index in [1.54, 1.807) is 0 Å². The summed E-state index contributed by atoms with van der Waals surface area (Å²) in [7, 11) is 0. The van der Waals surface area contributed by atoms with Gasteiger partial charge in [-0.15, -0.1) is 13.2 Å². The lowest BCUT2D eigenvalue weighted by molar-refractivity contribution is 0.647. The second-order valence-electron chi connectivity index (χ2n) is 6.49. The Morgan fingerprint density at radius 1 is 1.16 bits per heavy atom. The zero-order chi connectivity index (χ0) is 19.2. The molecule has 0 amide bonds. The molecule has 1 aromatic rings. The van der Waals surface area contributed by atoms with Gasteiger partial charge >= 0.3 is 0 Å². The number of rotatable bonds is 8. The predicted octanol–water partition coefficient (Wildman–Crippen LogP) is 6.06. The highest BCUT2D eigenvalue weighted by molar-refractivity contribution is 5.87. The molecule has 2 nitrogen and oxygen atoms in total. The lowest BCUT2D eigenvalue weighted by Gasteiger charge is -2.13. The molecular weight excluding hydrogens is 304 g/mol. The Bertz CT molecular complexity index is 562. The van der Waals surface area contributed by atoms with Gasteiger partial charge in [0.1, 0.15) is 5.84 Å². The molecule has 0 heterocycles. The van der Waals surface area contributed by atoms with Crippen molar-refractivity contribution in [3.8, 4) is 0 Å². The van der Waals surface area contributed by atoms with Crippen LogP contribution in [0, 0.1) is 5.92 Å². The maximum Gasteiger partial charge on any atom is 0.101 e. The van der Waals surface area contributed by atoms with Crippen LogP contribution in [0.25, 0.3) is 0 Å². The maximum atomic E-state index is 6.21. The number of aliphatic imine (C=N–C) groups is 1. The van der Waals surface area contributed by atoms with Crippen LogP contribution in [0.15, 0.2) is 66.2 Å². The van der Waals surface area contributed by atoms with Crippen molar-refractivity contribution in [2.24, 2.45) is 16.6 Å². The molecule has 0 fully saturated rings. The molecule has 2 N–H and O–H groups in total. The molecule has 0 saturated carbocycles. The number of amidine groups is 1. The fourth-order valence-electron chi connectivity index (χ4n) is 2.57. The highest BCUT2D eigenvalue weighted by Crippen LogP contribution is 2.18. The summed E-state index contributed by atoms with van der Waals surface area (Å²) in [6, 6.07) is 8.78. The normalized spacial score (nSPS) is 13.7. The van der Waals surface area contributed by atoms with E-state index < -0.39 is 0 Å². The number of nitrogens with zero attached hydrogens (tertiary/aromatic N) is 1. The first kappa shape index (κ1) is 22.9. The number of nitrogens with two attached hydrogens (primary N) is 1. The molecule has 25 heavy (non-hydrogen) atoms. The second-order valence-corrected chi connectivity index (χ2v) is 6.49. The molecular formula is C23H36N2. The van der Waals surface area contributed by atoms with Gasteiger partial charge in [-0.05, 0) is 42.4 Å². The van der Waals surface area contributed by atoms with Crippen molar-refractivity contribution < 1.29 is 0 Å². The van der Waals surface area contributed by atoms with Gasteiger partial charge in [-0.3, -0.25) is 4.99 Å². The van der Waals surface area contributed by atoms with Crippen LogP contribution in [0.4, 0.5) is 0 Å². The molecule has 0 saturated heterocycles. The van der Waals surface area contributed by atoms with E-state index in [1.165, 1.54) is 16.7 Å². The molecule has 1 rings (SSSR count). The summed E-state index contributed by atoms with van der Waals surface area (Å²) >= 11 is 0. The molecule has 0 spiro atoms. The minimum Gasteiger partial charge on any atom is -0.387 e. The van der Waals surface area contributed by atoms with Crippen LogP contribution in [-0.4, -0.2) is 12.4 Å². The van der Waals surface area contributed by atoms with Gasteiger partial charge in [-0.1, -0.05) is 70.2 Å². The highest BCUT2D eigenvalue weighted by atomic mass is 14.9. The SMILES string of the molecule is C/C=C\C(=C/CC)CN=C(N)C(C)c1ccc(CC(C)C)cc1.C=C. The molecule has 0 radical (unpaired) electrons. The van der Waals surface area contributed by atoms with E-state index in [9.17, 15) is 0 Å². The molecule has 0 aliphatic rings. The van der Waals surface area contributed by atoms with Gasteiger partial charge in [0, 0.05) is 5.92 Å². The minimum absolute atomic E-state index is 0.150. The first-order chi connectivity index (χ1) is 12.0. The third-order valence-electron chi connectivity index (χ3n) is 3.86. The quantitative estimate of drug-likeness (QED) is 0.265. The van der Waals surface area contributed by atoms with Crippen LogP contribution in [-0.2, 0) is 6.42 Å². The first-order valence-corrected chi connectivity index (χ1v) is 9.18. The van der Waals surface area contributed by atoms with E-state index in [0.717, 1.165) is 12.8 Å². The molecule has 1 aromatic carbocycles. The van der Waals surface area contributed by atoms with Gasteiger partial charge in [0.2, 0.25) is 0 Å². The summed E-state index contributed by atoms with van der Waals surface area (Å²) in [5.74, 6) is 1.53. The Morgan fingerprint density at radius 2 is 1.76 bits per heavy atom. The van der Waals surface area contributed by atoms with E-state index in [-0.39, 0.29) is 5.92 Å². The van der Waals surface area contributed by atoms with Gasteiger partial charge in [0.15, 0.2) is 0 Å². The average molecular weight is 341 g/mol. The van der Waals surface area contributed by atoms with Gasteiger partial charge in [-0.25, -0.2) is 0 Å². The standard InChI is InChI=1S/C21H32N2.C2H4/c1-6-8-19(9-7-2)15-23-21(22)17(5)20-12-10-18(11-13-20)14-16(3)4;1-2/h6,8-13,16-17H,7,14-15H2,1-5H3,(H2,22,23);1-2H2/b8-6-,19-9+;. The van der Waals surface area contributed by atoms with E-state index in [4.69, 9.17) is 5.73 Å². The molecule has 0 aromatic heterocycles. The summed E-state index contributed by atoms with van der Waals surface area (Å²) in [6.45, 7) is 17.4. The van der Waals surface area contributed by atoms with E-state index in [0.29, 0.717) is 18.3 Å². The number of allylic oxidation sites excluding steroid dienone is 2. The lowest BCUT2D eigenvalue weighted by atomic mass is 9.96. The fourth-order valence-corrected chi connectivity index (χ4v) is 2.57. The third kappa shape index (κ3) is 9.09. The number of hydrogen-bond donors (Lipinski definition) is 1. The first-order valence-electron chi connectivity index (χ1n) is 9.18. The fraction of sp³-hybridized carbons (Fsp3) is 0.435. The topological polar surface area (TPSA) is 38.4 Å². The van der Waals surface area contributed by atoms with Gasteiger partial charge in [0.05, 0.1) is 6.54 Å². The smallest absolute Gasteiger partial charge is 0.101 e. The highest BCUT2D eigenvalue weighted by Gasteiger charge is 2.10. The van der Waals surface area contributed by atoms with Crippen LogP contribution in [0.1, 0.15) is 58.1 Å². The maximum absolute atomic E-state index is 6.21. The minimum atomic E-state index is 0.150. The number of benzene rings is 1. The molecule has 0 aliphatic carbocycles. The van der Waals surface area contributed by atoms with Crippen molar-refractivity contribution in [3.05, 3.63) is 72.4 Å². The molecule has 138 valence electrons. The second kappa shape index (κ2) is 13.2.